The first-order valence-electron chi connectivity index (χ1n) is 41.0. The number of rotatable bonds is 39. The summed E-state index contributed by atoms with van der Waals surface area (Å²) in [5.74, 6) is -6.51. The lowest BCUT2D eigenvalue weighted by Gasteiger charge is -2.30. The van der Waals surface area contributed by atoms with Crippen molar-refractivity contribution in [1.82, 2.24) is 58.6 Å². The summed E-state index contributed by atoms with van der Waals surface area (Å²) in [7, 11) is 0. The lowest BCUT2D eigenvalue weighted by molar-refractivity contribution is -0.154. The van der Waals surface area contributed by atoms with Gasteiger partial charge in [0.15, 0.2) is 66.2 Å². The Morgan fingerprint density at radius 2 is 0.781 bits per heavy atom. The second kappa shape index (κ2) is 53.6. The van der Waals surface area contributed by atoms with E-state index in [9.17, 15) is 104 Å². The quantitative estimate of drug-likeness (QED) is 0.00434. The van der Waals surface area contributed by atoms with E-state index in [-0.39, 0.29) is 93.0 Å². The second-order valence-electron chi connectivity index (χ2n) is 30.2. The number of carboxylic acids is 2. The van der Waals surface area contributed by atoms with E-state index in [1.54, 1.807) is 21.9 Å². The number of guanidine groups is 1. The number of carboxylic acid groups (broad SMARTS) is 2. The zero-order valence-corrected chi connectivity index (χ0v) is 72.0. The average Bonchev–Trinajstić information content (AvgIpc) is 1.67. The minimum Gasteiger partial charge on any atom is -0.481 e. The molecular weight excluding hydrogens is 1850 g/mol. The normalized spacial score (nSPS) is 26.2. The number of anilines is 4. The summed E-state index contributed by atoms with van der Waals surface area (Å²) in [5, 5.41) is 162. The molecule has 0 saturated carbocycles. The third kappa shape index (κ3) is 31.6. The number of aliphatic carboxylic acids is 2. The Morgan fingerprint density at radius 3 is 1.08 bits per heavy atom. The Balaban J connectivity index is 0.000000233. The molecule has 6 aliphatic rings. The smallest absolute Gasteiger partial charge is 0.351 e. The number of unbranched alkanes of at least 4 members (excludes halogenated alkanes) is 1. The molecule has 760 valence electrons. The van der Waals surface area contributed by atoms with Crippen molar-refractivity contribution >= 4 is 76.9 Å². The lowest BCUT2D eigenvalue weighted by Crippen LogP contribution is -2.42. The van der Waals surface area contributed by atoms with Crippen LogP contribution in [0.3, 0.4) is 0 Å². The van der Waals surface area contributed by atoms with Crippen LogP contribution in [-0.2, 0) is 87.4 Å². The molecule has 0 spiro atoms. The molecule has 137 heavy (non-hydrogen) atoms. The molecule has 0 amide bonds. The molecular formula is C73H110N26O38. The van der Waals surface area contributed by atoms with Gasteiger partial charge in [0.25, 0.3) is 0 Å². The fraction of sp³-hybridized carbons (Fsp3) is 0.562. The number of nitrogens with two attached hydrogens (primary N) is 8. The van der Waals surface area contributed by atoms with Gasteiger partial charge in [0.2, 0.25) is 0 Å². The SMILES string of the molecule is C=C1N=C(NO)C=CN1[C@@H]1O[C@H](COC(=O)[C@@H](N)CCC(=O)O)[C@@H](O)[C@H]1O.NC(N)=NCCC[C@H](N)C(=O)OC[C@H]1O[C@@H](n2ccc(NO)nc2=O)[C@H](O)[C@@H]1O.NCCCC[C@H](N)C(=O)OC[C@H]1O[C@@H](n2ccc(NO)nc2=O)[C@H](O)[C@@H]1O.N[C@@H](CC(=O)O)C(=O)OC[C@H]1O[C@@H](n2ccc(NO)nc2=O)[C@H](O)[C@@H]1O.N[C@@H](Cc1cnc[nH]1)C(=O)OC[C@H]1O[C@@H](n2ccc(NO)nc2=O)[C@H](O)[C@@H]1O. The van der Waals surface area contributed by atoms with Crippen LogP contribution in [0, 0.1) is 0 Å². The van der Waals surface area contributed by atoms with Crippen molar-refractivity contribution in [1.29, 1.82) is 0 Å². The van der Waals surface area contributed by atoms with Gasteiger partial charge in [-0.05, 0) is 69.0 Å². The molecule has 5 saturated heterocycles. The number of amidine groups is 1. The Morgan fingerprint density at radius 1 is 0.453 bits per heavy atom. The highest BCUT2D eigenvalue weighted by molar-refractivity contribution is 5.93. The number of carbonyl (C=O) groups is 7. The molecule has 5 fully saturated rings. The zero-order valence-electron chi connectivity index (χ0n) is 72.0. The predicted octanol–water partition coefficient (Wildman–Crippen LogP) is -13.4. The highest BCUT2D eigenvalue weighted by Gasteiger charge is 2.51. The summed E-state index contributed by atoms with van der Waals surface area (Å²) in [5.41, 5.74) is 49.9. The fourth-order valence-corrected chi connectivity index (χ4v) is 12.9. The van der Waals surface area contributed by atoms with Crippen LogP contribution in [0.25, 0.3) is 0 Å². The number of hydrogen-bond donors (Lipinski definition) is 31. The molecule has 0 radical (unpaired) electrons. The molecule has 64 nitrogen and oxygen atoms in total. The Bertz CT molecular complexity index is 5130. The van der Waals surface area contributed by atoms with Gasteiger partial charge in [-0.1, -0.05) is 13.0 Å². The van der Waals surface area contributed by atoms with E-state index in [1.165, 1.54) is 78.8 Å². The number of aliphatic hydroxyl groups is 10. The third-order valence-electron chi connectivity index (χ3n) is 20.3. The zero-order chi connectivity index (χ0) is 101. The molecule has 11 rings (SSSR count). The van der Waals surface area contributed by atoms with Crippen LogP contribution >= 0.6 is 0 Å². The molecule has 5 aromatic rings. The number of nitrogens with zero attached hydrogens (tertiary/aromatic N) is 12. The molecule has 6 aliphatic heterocycles. The van der Waals surface area contributed by atoms with Crippen LogP contribution in [0.1, 0.15) is 82.0 Å². The van der Waals surface area contributed by atoms with Crippen LogP contribution in [0.2, 0.25) is 0 Å². The Kier molecular flexibility index (Phi) is 43.5. The van der Waals surface area contributed by atoms with E-state index < -0.39 is 230 Å². The molecule has 0 aliphatic carbocycles. The molecule has 0 aromatic carbocycles. The highest BCUT2D eigenvalue weighted by Crippen LogP contribution is 2.34. The van der Waals surface area contributed by atoms with Crippen LogP contribution in [0.5, 0.6) is 0 Å². The maximum Gasteiger partial charge on any atom is 0.351 e. The predicted molar refractivity (Wildman–Crippen MR) is 451 cm³/mol. The van der Waals surface area contributed by atoms with Gasteiger partial charge in [0.05, 0.1) is 12.7 Å². The molecule has 25 atom stereocenters. The fourth-order valence-electron chi connectivity index (χ4n) is 12.9. The summed E-state index contributed by atoms with van der Waals surface area (Å²) in [4.78, 5) is 158. The number of aliphatic imine (C=N–C) groups is 2. The van der Waals surface area contributed by atoms with E-state index in [1.807, 2.05) is 5.48 Å². The van der Waals surface area contributed by atoms with Crippen molar-refractivity contribution in [2.75, 3.05) is 68.0 Å². The summed E-state index contributed by atoms with van der Waals surface area (Å²) in [6, 6.07) is -0.176. The Labute approximate surface area is 769 Å². The third-order valence-corrected chi connectivity index (χ3v) is 20.3. The number of imidazole rings is 1. The first kappa shape index (κ1) is 111. The Hall–Kier alpha value is -12.8. The molecule has 0 unspecified atom stereocenters. The number of hydrogen-bond acceptors (Lipinski definition) is 55. The molecule has 11 heterocycles. The van der Waals surface area contributed by atoms with Crippen molar-refractivity contribution in [3.8, 4) is 0 Å². The number of hydroxylamine groups is 1. The van der Waals surface area contributed by atoms with E-state index in [0.717, 1.165) is 24.7 Å². The first-order chi connectivity index (χ1) is 65.0. The number of H-pyrrole nitrogens is 1. The van der Waals surface area contributed by atoms with Gasteiger partial charge in [-0.15, -0.1) is 0 Å². The lowest BCUT2D eigenvalue weighted by atomic mass is 10.1. The summed E-state index contributed by atoms with van der Waals surface area (Å²) in [6.45, 7) is 2.50. The summed E-state index contributed by atoms with van der Waals surface area (Å²) >= 11 is 0. The molecule has 0 bridgehead atoms. The minimum atomic E-state index is -1.53. The number of esters is 5. The van der Waals surface area contributed by atoms with Gasteiger partial charge in [-0.3, -0.25) is 110 Å². The first-order valence-corrected chi connectivity index (χ1v) is 41.0. The number of nitrogens with one attached hydrogen (secondary N) is 6. The van der Waals surface area contributed by atoms with Gasteiger partial charge in [-0.2, -0.15) is 19.9 Å². The number of aromatic amines is 1. The van der Waals surface area contributed by atoms with Crippen molar-refractivity contribution in [3.63, 3.8) is 0 Å². The van der Waals surface area contributed by atoms with Gasteiger partial charge < -0.3 is 164 Å². The van der Waals surface area contributed by atoms with Crippen LogP contribution in [0.4, 0.5) is 23.3 Å². The maximum atomic E-state index is 12.0. The highest BCUT2D eigenvalue weighted by atomic mass is 16.6. The molecule has 5 aromatic heterocycles. The van der Waals surface area contributed by atoms with E-state index in [2.05, 4.69) is 46.5 Å². The van der Waals surface area contributed by atoms with E-state index in [0.29, 0.717) is 38.0 Å². The number of carbonyl (C=O) groups excluding carboxylic acids is 5. The largest absolute Gasteiger partial charge is 0.481 e. The van der Waals surface area contributed by atoms with Crippen LogP contribution in [0.15, 0.2) is 115 Å². The second-order valence-corrected chi connectivity index (χ2v) is 30.2. The van der Waals surface area contributed by atoms with Gasteiger partial charge in [0, 0.05) is 62.3 Å². The monoisotopic (exact) mass is 1960 g/mol. The van der Waals surface area contributed by atoms with Crippen LogP contribution in [-0.4, -0.2) is 368 Å². The number of aliphatic hydroxyl groups excluding tert-OH is 10. The maximum absolute atomic E-state index is 12.0. The van der Waals surface area contributed by atoms with Crippen molar-refractivity contribution in [2.45, 2.75) is 211 Å². The standard InChI is InChI=1S/C15H25N7O7.C15H20N6O7.C15H25N5O7.C15H22N4O8.C13H18N4O9/c16-7(2-1-4-19-14(17)18)13(25)28-6-8-10(23)11(24)12(29-8)22-5-3-9(21-27)20-15(22)26;16-8(3-7-4-17-6-18-7)14(24)27-5-9-11(22)12(23)13(28-9)21-2-1-10(20-26)19-15(21)25;16-5-2-1-3-8(17)14(23)26-7-9-11(21)12(22)13(27-9)20-6-4-10(19-25)18-15(20)24;1-7-17-10(18-25)4-5-19(7)14-13(23)12(22)9(27-14)6-26-15(24)8(16)2-3-11(20)21;14-5(3-8(18)19)12(22)25-4-6-9(20)10(21)11(26-6)17-2-1-7(16-24)15-13(17)23/h3,5,7-8,10-12,23-24,27H,1-2,4,6,16H2,(H4,17,18,19)(H,20,21,26);1-2,4,6,8-9,11-13,22-23,26H,3,5,16H2,(H,17,18)(H,19,20,25);4,6,8-9,11-13,21-22,25H,1-3,5,7,16-17H2,(H,18,19,24);4-5,8-9,12-14,22-23,25H,1-3,6,16H2,(H,17,18)(H,20,21);1-2,5-6,9-11,20-21,24H,3-4,14H2,(H,18,19)(H,15,16,23)/t7-,8+,10+,11+,12+;2*8-,9+,11+,12+,13+;8-,9+,12+,13+,14+;5-,6+,9+,10+,11+/m00000/s1. The van der Waals surface area contributed by atoms with Gasteiger partial charge in [0.1, 0.15) is 161 Å². The number of aromatic nitrogens is 10. The average molecular weight is 1960 g/mol. The summed E-state index contributed by atoms with van der Waals surface area (Å²) in [6.07, 6.45) is -13.4. The van der Waals surface area contributed by atoms with Gasteiger partial charge >= 0.3 is 64.5 Å². The van der Waals surface area contributed by atoms with Gasteiger partial charge in [-0.25, -0.2) is 29.2 Å². The van der Waals surface area contributed by atoms with Crippen LogP contribution < -0.4 is 96.0 Å². The van der Waals surface area contributed by atoms with E-state index in [4.69, 9.17) is 129 Å². The van der Waals surface area contributed by atoms with Crippen molar-refractivity contribution < 1.29 is 168 Å². The molecule has 64 heteroatoms. The minimum absolute atomic E-state index is 0.0572. The number of ether oxygens (including phenoxy) is 10. The molecule has 39 N–H and O–H groups in total. The van der Waals surface area contributed by atoms with Crippen molar-refractivity contribution in [3.05, 3.63) is 134 Å². The van der Waals surface area contributed by atoms with Crippen molar-refractivity contribution in [2.24, 2.45) is 55.9 Å². The summed E-state index contributed by atoms with van der Waals surface area (Å²) < 4.78 is 55.9. The van der Waals surface area contributed by atoms with E-state index >= 15 is 0 Å². The topological polar surface area (TPSA) is 1020 Å².